The van der Waals surface area contributed by atoms with E-state index in [0.29, 0.717) is 50.4 Å². The van der Waals surface area contributed by atoms with Crippen LogP contribution >= 0.6 is 0 Å². The maximum Gasteiger partial charge on any atom is 0.416 e. The van der Waals surface area contributed by atoms with Crippen LogP contribution in [-0.2, 0) is 6.18 Å². The van der Waals surface area contributed by atoms with Crippen molar-refractivity contribution in [2.45, 2.75) is 6.18 Å². The number of hydrogen-bond acceptors (Lipinski definition) is 5. The molecule has 3 aromatic heterocycles. The number of aromatic nitrogens is 3. The zero-order chi connectivity index (χ0) is 42.7. The lowest BCUT2D eigenvalue weighted by Gasteiger charge is -2.19. The summed E-state index contributed by atoms with van der Waals surface area (Å²) >= 11 is 0. The standard InChI is InChI=1S/C52H26F3N7/c53-52(54,55)39-13-16-49(61-45-8-3-1-6-40(45)42-24-35(11-14-47(42)61)37-20-31(27-56)18-32(21-37)28-57)44(26-39)51-50(10-5-17-60-51)62-46-9-4-2-7-41(46)43-25-36(12-15-48(43)62)38-22-33(29-58)19-34(23-38)30-59/h1-26H. The van der Waals surface area contributed by atoms with Gasteiger partial charge in [-0.3, -0.25) is 4.98 Å². The molecule has 0 saturated carbocycles. The second kappa shape index (κ2) is 14.4. The van der Waals surface area contributed by atoms with Gasteiger partial charge in [0.15, 0.2) is 0 Å². The highest BCUT2D eigenvalue weighted by molar-refractivity contribution is 6.12. The minimum atomic E-state index is -4.66. The molecular weight excluding hydrogens is 780 g/mol. The Balaban J connectivity index is 1.22. The van der Waals surface area contributed by atoms with E-state index in [1.807, 2.05) is 100 Å². The Morgan fingerprint density at radius 1 is 0.419 bits per heavy atom. The number of nitriles is 4. The zero-order valence-electron chi connectivity index (χ0n) is 32.3. The van der Waals surface area contributed by atoms with E-state index in [0.717, 1.165) is 66.9 Å². The maximum absolute atomic E-state index is 14.7. The summed E-state index contributed by atoms with van der Waals surface area (Å²) in [5.74, 6) is 0. The molecule has 0 spiro atoms. The molecule has 10 heteroatoms. The highest BCUT2D eigenvalue weighted by Crippen LogP contribution is 2.43. The number of rotatable bonds is 5. The predicted molar refractivity (Wildman–Crippen MR) is 233 cm³/mol. The van der Waals surface area contributed by atoms with Crippen LogP contribution in [0.25, 0.3) is 88.5 Å². The summed E-state index contributed by atoms with van der Waals surface area (Å²) in [6, 6.07) is 53.0. The molecular formula is C52H26F3N7. The summed E-state index contributed by atoms with van der Waals surface area (Å²) in [4.78, 5) is 4.85. The van der Waals surface area contributed by atoms with Gasteiger partial charge >= 0.3 is 6.18 Å². The Labute approximate surface area is 351 Å². The molecule has 7 nitrogen and oxygen atoms in total. The molecule has 0 amide bonds. The van der Waals surface area contributed by atoms with Crippen molar-refractivity contribution in [3.8, 4) is 69.2 Å². The predicted octanol–water partition coefficient (Wildman–Crippen LogP) is 12.8. The molecule has 7 aromatic carbocycles. The summed E-state index contributed by atoms with van der Waals surface area (Å²) in [7, 11) is 0. The maximum atomic E-state index is 14.7. The molecule has 62 heavy (non-hydrogen) atoms. The molecule has 10 rings (SSSR count). The van der Waals surface area contributed by atoms with Crippen LogP contribution in [0.5, 0.6) is 0 Å². The molecule has 0 fully saturated rings. The lowest BCUT2D eigenvalue weighted by molar-refractivity contribution is -0.137. The largest absolute Gasteiger partial charge is 0.416 e. The van der Waals surface area contributed by atoms with E-state index in [9.17, 15) is 34.2 Å². The van der Waals surface area contributed by atoms with E-state index in [4.69, 9.17) is 4.98 Å². The van der Waals surface area contributed by atoms with Crippen LogP contribution in [0.1, 0.15) is 27.8 Å². The quantitative estimate of drug-likeness (QED) is 0.172. The van der Waals surface area contributed by atoms with Crippen molar-refractivity contribution in [1.29, 1.82) is 21.0 Å². The number of nitrogens with zero attached hydrogens (tertiary/aromatic N) is 7. The van der Waals surface area contributed by atoms with Gasteiger partial charge in [0.25, 0.3) is 0 Å². The fourth-order valence-corrected chi connectivity index (χ4v) is 8.55. The van der Waals surface area contributed by atoms with E-state index in [2.05, 4.69) is 24.3 Å². The monoisotopic (exact) mass is 805 g/mol. The zero-order valence-corrected chi connectivity index (χ0v) is 32.3. The highest BCUT2D eigenvalue weighted by atomic mass is 19.4. The number of alkyl halides is 3. The first-order valence-electron chi connectivity index (χ1n) is 19.3. The summed E-state index contributed by atoms with van der Waals surface area (Å²) < 4.78 is 48.2. The van der Waals surface area contributed by atoms with Crippen molar-refractivity contribution in [1.82, 2.24) is 14.1 Å². The second-order valence-corrected chi connectivity index (χ2v) is 14.8. The summed E-state index contributed by atoms with van der Waals surface area (Å²) in [6.45, 7) is 0. The number of benzene rings is 7. The number of fused-ring (bicyclic) bond motifs is 6. The van der Waals surface area contributed by atoms with Crippen LogP contribution in [0.4, 0.5) is 13.2 Å². The topological polar surface area (TPSA) is 118 Å². The van der Waals surface area contributed by atoms with Crippen LogP contribution in [0.2, 0.25) is 0 Å². The third-order valence-electron chi connectivity index (χ3n) is 11.2. The normalized spacial score (nSPS) is 11.4. The highest BCUT2D eigenvalue weighted by Gasteiger charge is 2.32. The molecule has 0 aliphatic rings. The lowest BCUT2D eigenvalue weighted by Crippen LogP contribution is -2.08. The van der Waals surface area contributed by atoms with E-state index < -0.39 is 11.7 Å². The lowest BCUT2D eigenvalue weighted by atomic mass is 9.98. The van der Waals surface area contributed by atoms with Crippen molar-refractivity contribution in [3.05, 3.63) is 186 Å². The number of halogens is 3. The summed E-state index contributed by atoms with van der Waals surface area (Å²) in [6.07, 6.45) is -3.08. The van der Waals surface area contributed by atoms with E-state index in [1.54, 1.807) is 42.6 Å². The summed E-state index contributed by atoms with van der Waals surface area (Å²) in [5.41, 5.74) is 8.22. The average Bonchev–Trinajstić information content (AvgIpc) is 3.82. The molecule has 3 heterocycles. The first kappa shape index (κ1) is 37.3. The van der Waals surface area contributed by atoms with Crippen LogP contribution < -0.4 is 0 Å². The van der Waals surface area contributed by atoms with Gasteiger partial charge in [-0.1, -0.05) is 48.5 Å². The van der Waals surface area contributed by atoms with Gasteiger partial charge in [0, 0.05) is 33.3 Å². The van der Waals surface area contributed by atoms with Gasteiger partial charge in [0.05, 0.1) is 91.2 Å². The van der Waals surface area contributed by atoms with Crippen molar-refractivity contribution >= 4 is 43.6 Å². The number of pyridine rings is 1. The van der Waals surface area contributed by atoms with Crippen molar-refractivity contribution in [2.75, 3.05) is 0 Å². The Hall–Kier alpha value is -8.96. The number of para-hydroxylation sites is 2. The SMILES string of the molecule is N#Cc1cc(C#N)cc(-c2ccc3c(c2)c2ccccc2n3-c2ccc(C(F)(F)F)cc2-c2ncccc2-n2c3ccccc3c3cc(-c4cc(C#N)cc(C#N)c4)ccc32)c1. The average molecular weight is 806 g/mol. The first-order valence-corrected chi connectivity index (χ1v) is 19.3. The molecule has 0 atom stereocenters. The van der Waals surface area contributed by atoms with Crippen molar-refractivity contribution < 1.29 is 13.2 Å². The van der Waals surface area contributed by atoms with Gasteiger partial charge in [-0.2, -0.15) is 34.2 Å². The molecule has 0 unspecified atom stereocenters. The van der Waals surface area contributed by atoms with E-state index in [-0.39, 0.29) is 5.56 Å². The number of hydrogen-bond donors (Lipinski definition) is 0. The van der Waals surface area contributed by atoms with E-state index in [1.165, 1.54) is 12.1 Å². The Morgan fingerprint density at radius 3 is 1.37 bits per heavy atom. The van der Waals surface area contributed by atoms with Crippen LogP contribution in [0.3, 0.4) is 0 Å². The van der Waals surface area contributed by atoms with Gasteiger partial charge < -0.3 is 9.13 Å². The smallest absolute Gasteiger partial charge is 0.309 e. The molecule has 290 valence electrons. The Kier molecular flexibility index (Phi) is 8.67. The van der Waals surface area contributed by atoms with Gasteiger partial charge in [0.1, 0.15) is 0 Å². The van der Waals surface area contributed by atoms with Gasteiger partial charge in [-0.15, -0.1) is 0 Å². The fraction of sp³-hybridized carbons (Fsp3) is 0.0192. The van der Waals surface area contributed by atoms with Gasteiger partial charge in [-0.05, 0) is 125 Å². The molecule has 0 saturated heterocycles. The third kappa shape index (κ3) is 6.08. The Bertz CT molecular complexity index is 3630. The molecule has 10 aromatic rings. The van der Waals surface area contributed by atoms with Gasteiger partial charge in [-0.25, -0.2) is 0 Å². The van der Waals surface area contributed by atoms with Crippen molar-refractivity contribution in [3.63, 3.8) is 0 Å². The Morgan fingerprint density at radius 2 is 0.887 bits per heavy atom. The van der Waals surface area contributed by atoms with E-state index >= 15 is 0 Å². The fourth-order valence-electron chi connectivity index (χ4n) is 8.55. The van der Waals surface area contributed by atoms with Crippen LogP contribution in [0.15, 0.2) is 158 Å². The molecule has 0 N–H and O–H groups in total. The minimum absolute atomic E-state index is 0.252. The van der Waals surface area contributed by atoms with Crippen molar-refractivity contribution in [2.24, 2.45) is 0 Å². The van der Waals surface area contributed by atoms with Crippen LogP contribution in [0, 0.1) is 45.3 Å². The van der Waals surface area contributed by atoms with Crippen LogP contribution in [-0.4, -0.2) is 14.1 Å². The molecule has 0 radical (unpaired) electrons. The van der Waals surface area contributed by atoms with Gasteiger partial charge in [0.2, 0.25) is 0 Å². The molecule has 0 bridgehead atoms. The minimum Gasteiger partial charge on any atom is -0.309 e. The molecule has 0 aliphatic heterocycles. The first-order chi connectivity index (χ1) is 30.2. The molecule has 0 aliphatic carbocycles. The second-order valence-electron chi connectivity index (χ2n) is 14.8. The summed E-state index contributed by atoms with van der Waals surface area (Å²) in [5, 5.41) is 42.1. The third-order valence-corrected chi connectivity index (χ3v) is 11.2.